The Kier molecular flexibility index (Phi) is 5.09. The number of aromatic nitrogens is 1. The van der Waals surface area contributed by atoms with E-state index in [1.165, 1.54) is 0 Å². The van der Waals surface area contributed by atoms with Gasteiger partial charge in [0.05, 0.1) is 18.7 Å². The van der Waals surface area contributed by atoms with E-state index in [1.807, 2.05) is 67.6 Å². The minimum atomic E-state index is -0.249. The Morgan fingerprint density at radius 2 is 1.64 bits per heavy atom. The van der Waals surface area contributed by atoms with E-state index in [0.717, 1.165) is 22.6 Å². The molecule has 4 nitrogen and oxygen atoms in total. The maximum Gasteiger partial charge on any atom is 0.253 e. The number of benzene rings is 2. The lowest BCUT2D eigenvalue weighted by atomic mass is 9.98. The van der Waals surface area contributed by atoms with Gasteiger partial charge in [0.1, 0.15) is 5.75 Å². The Bertz CT molecular complexity index is 828. The molecule has 0 saturated heterocycles. The lowest BCUT2D eigenvalue weighted by molar-refractivity contribution is 0.0942. The molecule has 0 bridgehead atoms. The second-order valence-electron chi connectivity index (χ2n) is 5.78. The van der Waals surface area contributed by atoms with Gasteiger partial charge in [-0.25, -0.2) is 0 Å². The first kappa shape index (κ1) is 16.7. The van der Waals surface area contributed by atoms with Crippen molar-refractivity contribution in [2.24, 2.45) is 0 Å². The van der Waals surface area contributed by atoms with Crippen LogP contribution in [0.4, 0.5) is 0 Å². The zero-order valence-electron chi connectivity index (χ0n) is 14.3. The van der Waals surface area contributed by atoms with Crippen LogP contribution in [0.5, 0.6) is 5.75 Å². The predicted molar refractivity (Wildman–Crippen MR) is 97.7 cm³/mol. The smallest absolute Gasteiger partial charge is 0.253 e. The van der Waals surface area contributed by atoms with Crippen molar-refractivity contribution in [2.45, 2.75) is 13.0 Å². The highest BCUT2D eigenvalue weighted by molar-refractivity contribution is 5.94. The quantitative estimate of drug-likeness (QED) is 0.770. The lowest BCUT2D eigenvalue weighted by Crippen LogP contribution is -2.29. The molecular weight excluding hydrogens is 312 g/mol. The van der Waals surface area contributed by atoms with Gasteiger partial charge in [0.2, 0.25) is 0 Å². The summed E-state index contributed by atoms with van der Waals surface area (Å²) in [5.74, 6) is 0.627. The van der Waals surface area contributed by atoms with E-state index in [-0.39, 0.29) is 11.9 Å². The highest BCUT2D eigenvalue weighted by Crippen LogP contribution is 2.24. The summed E-state index contributed by atoms with van der Waals surface area (Å²) in [4.78, 5) is 16.9. The van der Waals surface area contributed by atoms with Gasteiger partial charge in [-0.05, 0) is 42.3 Å². The molecule has 0 radical (unpaired) electrons. The fraction of sp³-hybridized carbons (Fsp3) is 0.143. The van der Waals surface area contributed by atoms with Crippen molar-refractivity contribution in [1.29, 1.82) is 0 Å². The normalized spacial score (nSPS) is 11.6. The van der Waals surface area contributed by atoms with Gasteiger partial charge in [0.15, 0.2) is 0 Å². The van der Waals surface area contributed by atoms with E-state index < -0.39 is 0 Å². The number of nitrogens with zero attached hydrogens (tertiary/aromatic N) is 1. The number of hydrogen-bond donors (Lipinski definition) is 1. The van der Waals surface area contributed by atoms with Gasteiger partial charge in [-0.3, -0.25) is 9.78 Å². The molecule has 1 atom stereocenters. The SMILES string of the molecule is COc1ccc([C@@H](NC(=O)c2ccc(C)nc2)c2ccccc2)cc1. The molecule has 3 aromatic rings. The summed E-state index contributed by atoms with van der Waals surface area (Å²) in [5, 5.41) is 3.10. The van der Waals surface area contributed by atoms with Crippen LogP contribution in [0.2, 0.25) is 0 Å². The first-order valence-corrected chi connectivity index (χ1v) is 8.10. The molecule has 1 aromatic heterocycles. The number of pyridine rings is 1. The molecule has 0 aliphatic heterocycles. The van der Waals surface area contributed by atoms with Gasteiger partial charge in [0.25, 0.3) is 5.91 Å². The minimum Gasteiger partial charge on any atom is -0.497 e. The molecular formula is C21H20N2O2. The fourth-order valence-corrected chi connectivity index (χ4v) is 2.62. The predicted octanol–water partition coefficient (Wildman–Crippen LogP) is 3.92. The zero-order valence-corrected chi connectivity index (χ0v) is 14.3. The largest absolute Gasteiger partial charge is 0.497 e. The third-order valence-electron chi connectivity index (χ3n) is 4.03. The zero-order chi connectivity index (χ0) is 17.6. The molecule has 3 rings (SSSR count). The third-order valence-corrected chi connectivity index (χ3v) is 4.03. The summed E-state index contributed by atoms with van der Waals surface area (Å²) in [6.45, 7) is 1.89. The molecule has 126 valence electrons. The van der Waals surface area contributed by atoms with Gasteiger partial charge in [-0.1, -0.05) is 42.5 Å². The van der Waals surface area contributed by atoms with Crippen LogP contribution in [-0.2, 0) is 0 Å². The van der Waals surface area contributed by atoms with Crippen molar-refractivity contribution in [2.75, 3.05) is 7.11 Å². The highest BCUT2D eigenvalue weighted by Gasteiger charge is 2.18. The van der Waals surface area contributed by atoms with E-state index in [1.54, 1.807) is 19.4 Å². The highest BCUT2D eigenvalue weighted by atomic mass is 16.5. The van der Waals surface area contributed by atoms with Crippen molar-refractivity contribution >= 4 is 5.91 Å². The third kappa shape index (κ3) is 4.04. The van der Waals surface area contributed by atoms with Crippen LogP contribution in [0.25, 0.3) is 0 Å². The van der Waals surface area contributed by atoms with Crippen molar-refractivity contribution < 1.29 is 9.53 Å². The van der Waals surface area contributed by atoms with Crippen molar-refractivity contribution in [3.63, 3.8) is 0 Å². The van der Waals surface area contributed by atoms with Crippen LogP contribution in [0.3, 0.4) is 0 Å². The summed E-state index contributed by atoms with van der Waals surface area (Å²) < 4.78 is 5.22. The lowest BCUT2D eigenvalue weighted by Gasteiger charge is -2.20. The van der Waals surface area contributed by atoms with E-state index in [4.69, 9.17) is 4.74 Å². The standard InChI is InChI=1S/C21H20N2O2/c1-15-8-9-18(14-22-15)21(24)23-20(16-6-4-3-5-7-16)17-10-12-19(25-2)13-11-17/h3-14,20H,1-2H3,(H,23,24)/t20-/m0/s1. The summed E-state index contributed by atoms with van der Waals surface area (Å²) in [6.07, 6.45) is 1.60. The van der Waals surface area contributed by atoms with Gasteiger partial charge in [-0.2, -0.15) is 0 Å². The number of rotatable bonds is 5. The van der Waals surface area contributed by atoms with Crippen LogP contribution in [0, 0.1) is 6.92 Å². The molecule has 2 aromatic carbocycles. The second-order valence-corrected chi connectivity index (χ2v) is 5.78. The molecule has 0 unspecified atom stereocenters. The number of amides is 1. The van der Waals surface area contributed by atoms with Crippen molar-refractivity contribution in [1.82, 2.24) is 10.3 Å². The molecule has 0 spiro atoms. The molecule has 4 heteroatoms. The Hall–Kier alpha value is -3.14. The van der Waals surface area contributed by atoms with Gasteiger partial charge < -0.3 is 10.1 Å². The molecule has 25 heavy (non-hydrogen) atoms. The van der Waals surface area contributed by atoms with Crippen molar-refractivity contribution in [3.05, 3.63) is 95.3 Å². The topological polar surface area (TPSA) is 51.2 Å². The minimum absolute atomic E-state index is 0.155. The first-order valence-electron chi connectivity index (χ1n) is 8.10. The summed E-state index contributed by atoms with van der Waals surface area (Å²) in [5.41, 5.74) is 3.42. The first-order chi connectivity index (χ1) is 12.2. The second kappa shape index (κ2) is 7.62. The maximum atomic E-state index is 12.7. The average Bonchev–Trinajstić information content (AvgIpc) is 2.67. The van der Waals surface area contributed by atoms with E-state index in [9.17, 15) is 4.79 Å². The number of aryl methyl sites for hydroxylation is 1. The Labute approximate surface area is 147 Å². The van der Waals surface area contributed by atoms with Crippen LogP contribution in [0.1, 0.15) is 33.2 Å². The monoisotopic (exact) mass is 332 g/mol. The number of hydrogen-bond acceptors (Lipinski definition) is 3. The van der Waals surface area contributed by atoms with E-state index in [2.05, 4.69) is 10.3 Å². The molecule has 0 fully saturated rings. The van der Waals surface area contributed by atoms with Crippen LogP contribution < -0.4 is 10.1 Å². The van der Waals surface area contributed by atoms with Crippen LogP contribution in [-0.4, -0.2) is 18.0 Å². The molecule has 1 N–H and O–H groups in total. The van der Waals surface area contributed by atoms with Crippen molar-refractivity contribution in [3.8, 4) is 5.75 Å². The molecule has 0 saturated carbocycles. The summed E-state index contributed by atoms with van der Waals surface area (Å²) >= 11 is 0. The number of carbonyl (C=O) groups is 1. The molecule has 1 amide bonds. The number of carbonyl (C=O) groups excluding carboxylic acids is 1. The molecule has 0 aliphatic rings. The number of nitrogens with one attached hydrogen (secondary N) is 1. The fourth-order valence-electron chi connectivity index (χ4n) is 2.62. The maximum absolute atomic E-state index is 12.7. The Balaban J connectivity index is 1.90. The number of methoxy groups -OCH3 is 1. The van der Waals surface area contributed by atoms with Gasteiger partial charge >= 0.3 is 0 Å². The van der Waals surface area contributed by atoms with E-state index in [0.29, 0.717) is 5.56 Å². The Morgan fingerprint density at radius 1 is 0.960 bits per heavy atom. The van der Waals surface area contributed by atoms with Gasteiger partial charge in [0, 0.05) is 11.9 Å². The molecule has 0 aliphatic carbocycles. The molecule has 1 heterocycles. The van der Waals surface area contributed by atoms with Gasteiger partial charge in [-0.15, -0.1) is 0 Å². The van der Waals surface area contributed by atoms with Crippen LogP contribution >= 0.6 is 0 Å². The van der Waals surface area contributed by atoms with E-state index >= 15 is 0 Å². The average molecular weight is 332 g/mol. The number of ether oxygens (including phenoxy) is 1. The van der Waals surface area contributed by atoms with Crippen LogP contribution in [0.15, 0.2) is 72.9 Å². The Morgan fingerprint density at radius 3 is 2.24 bits per heavy atom. The summed E-state index contributed by atoms with van der Waals surface area (Å²) in [7, 11) is 1.63. The summed E-state index contributed by atoms with van der Waals surface area (Å²) in [6, 6.07) is 21.0.